The van der Waals surface area contributed by atoms with E-state index in [0.29, 0.717) is 36.6 Å². The van der Waals surface area contributed by atoms with Gasteiger partial charge >= 0.3 is 0 Å². The molecule has 0 heterocycles. The summed E-state index contributed by atoms with van der Waals surface area (Å²) < 4.78 is 5.29. The van der Waals surface area contributed by atoms with Gasteiger partial charge in [0.05, 0.1) is 12.7 Å². The van der Waals surface area contributed by atoms with Gasteiger partial charge in [-0.25, -0.2) is 0 Å². The lowest BCUT2D eigenvalue weighted by Gasteiger charge is -2.11. The first kappa shape index (κ1) is 13.7. The van der Waals surface area contributed by atoms with E-state index in [9.17, 15) is 4.79 Å². The molecule has 1 rings (SSSR count). The summed E-state index contributed by atoms with van der Waals surface area (Å²) in [7, 11) is 1.60. The van der Waals surface area contributed by atoms with Crippen LogP contribution in [0.4, 0.5) is 0 Å². The van der Waals surface area contributed by atoms with Crippen molar-refractivity contribution in [1.82, 2.24) is 0 Å². The van der Waals surface area contributed by atoms with Gasteiger partial charge in [-0.1, -0.05) is 19.9 Å². The van der Waals surface area contributed by atoms with Crippen LogP contribution in [-0.4, -0.2) is 19.4 Å². The van der Waals surface area contributed by atoms with Crippen LogP contribution in [0.1, 0.15) is 48.5 Å². The summed E-state index contributed by atoms with van der Waals surface area (Å²) in [6.07, 6.45) is 1.20. The molecule has 1 aromatic rings. The Labute approximate surface area is 103 Å². The van der Waals surface area contributed by atoms with Gasteiger partial charge in [0.15, 0.2) is 5.78 Å². The van der Waals surface area contributed by atoms with Crippen LogP contribution in [-0.2, 0) is 0 Å². The highest BCUT2D eigenvalue weighted by atomic mass is 16.5. The molecule has 2 N–H and O–H groups in total. The van der Waals surface area contributed by atoms with Crippen LogP contribution in [0.3, 0.4) is 0 Å². The quantitative estimate of drug-likeness (QED) is 0.771. The molecule has 3 heteroatoms. The summed E-state index contributed by atoms with van der Waals surface area (Å²) in [6, 6.07) is 5.79. The fourth-order valence-electron chi connectivity index (χ4n) is 1.69. The number of methoxy groups -OCH3 is 1. The summed E-state index contributed by atoms with van der Waals surface area (Å²) in [6.45, 7) is 4.77. The minimum atomic E-state index is 0.0996. The molecule has 0 amide bonds. The number of benzene rings is 1. The number of nitrogens with two attached hydrogens (primary N) is 1. The minimum absolute atomic E-state index is 0.0996. The molecule has 0 radical (unpaired) electrons. The number of hydrogen-bond donors (Lipinski definition) is 1. The summed E-state index contributed by atoms with van der Waals surface area (Å²) in [5, 5.41) is 0. The summed E-state index contributed by atoms with van der Waals surface area (Å²) in [5.41, 5.74) is 7.24. The highest BCUT2D eigenvalue weighted by molar-refractivity contribution is 5.98. The molecule has 0 bridgehead atoms. The average molecular weight is 235 g/mol. The normalized spacial score (nSPS) is 10.6. The van der Waals surface area contributed by atoms with Crippen LogP contribution < -0.4 is 10.5 Å². The maximum atomic E-state index is 11.9. The molecule has 0 saturated heterocycles. The fourth-order valence-corrected chi connectivity index (χ4v) is 1.69. The highest BCUT2D eigenvalue weighted by Crippen LogP contribution is 2.25. The minimum Gasteiger partial charge on any atom is -0.496 e. The van der Waals surface area contributed by atoms with Gasteiger partial charge in [-0.2, -0.15) is 0 Å². The number of hydrogen-bond acceptors (Lipinski definition) is 3. The molecule has 0 fully saturated rings. The Bertz CT molecular complexity index is 386. The molecule has 0 aliphatic carbocycles. The van der Waals surface area contributed by atoms with Crippen molar-refractivity contribution in [2.45, 2.75) is 32.6 Å². The zero-order chi connectivity index (χ0) is 12.8. The van der Waals surface area contributed by atoms with Gasteiger partial charge in [-0.15, -0.1) is 0 Å². The van der Waals surface area contributed by atoms with Gasteiger partial charge in [0.25, 0.3) is 0 Å². The van der Waals surface area contributed by atoms with Crippen LogP contribution in [0, 0.1) is 0 Å². The summed E-state index contributed by atoms with van der Waals surface area (Å²) >= 11 is 0. The van der Waals surface area contributed by atoms with E-state index in [1.807, 2.05) is 18.2 Å². The van der Waals surface area contributed by atoms with Crippen LogP contribution in [0.25, 0.3) is 0 Å². The van der Waals surface area contributed by atoms with E-state index in [0.717, 1.165) is 0 Å². The van der Waals surface area contributed by atoms with Crippen molar-refractivity contribution in [3.63, 3.8) is 0 Å². The standard InChI is InChI=1S/C14H21NO2/c1-10(2)11-6-7-12(14(9-11)17-3)13(16)5-4-8-15/h6-7,9-10H,4-5,8,15H2,1-3H3. The average Bonchev–Trinajstić information content (AvgIpc) is 2.34. The number of ether oxygens (including phenoxy) is 1. The van der Waals surface area contributed by atoms with E-state index in [1.54, 1.807) is 7.11 Å². The monoisotopic (exact) mass is 235 g/mol. The Hall–Kier alpha value is -1.35. The molecular formula is C14H21NO2. The van der Waals surface area contributed by atoms with Gasteiger partial charge < -0.3 is 10.5 Å². The molecule has 0 aliphatic heterocycles. The largest absolute Gasteiger partial charge is 0.496 e. The SMILES string of the molecule is COc1cc(C(C)C)ccc1C(=O)CCCN. The topological polar surface area (TPSA) is 52.3 Å². The van der Waals surface area contributed by atoms with E-state index in [-0.39, 0.29) is 5.78 Å². The molecule has 0 aromatic heterocycles. The van der Waals surface area contributed by atoms with Gasteiger partial charge in [0.2, 0.25) is 0 Å². The maximum Gasteiger partial charge on any atom is 0.166 e. The second-order valence-corrected chi connectivity index (χ2v) is 4.43. The Morgan fingerprint density at radius 2 is 2.12 bits per heavy atom. The summed E-state index contributed by atoms with van der Waals surface area (Å²) in [5.74, 6) is 1.19. The number of ketones is 1. The first-order valence-electron chi connectivity index (χ1n) is 6.01. The van der Waals surface area contributed by atoms with Gasteiger partial charge in [0, 0.05) is 6.42 Å². The lowest BCUT2D eigenvalue weighted by atomic mass is 9.98. The Morgan fingerprint density at radius 3 is 2.65 bits per heavy atom. The Balaban J connectivity index is 2.96. The Kier molecular flexibility index (Phi) is 5.16. The zero-order valence-electron chi connectivity index (χ0n) is 10.8. The maximum absolute atomic E-state index is 11.9. The molecule has 0 saturated carbocycles. The third-order valence-electron chi connectivity index (χ3n) is 2.80. The predicted molar refractivity (Wildman–Crippen MR) is 69.7 cm³/mol. The van der Waals surface area contributed by atoms with Crippen LogP contribution in [0.5, 0.6) is 5.75 Å². The summed E-state index contributed by atoms with van der Waals surface area (Å²) in [4.78, 5) is 11.9. The lowest BCUT2D eigenvalue weighted by molar-refractivity contribution is 0.0978. The van der Waals surface area contributed by atoms with Crippen molar-refractivity contribution in [3.8, 4) is 5.75 Å². The molecule has 94 valence electrons. The van der Waals surface area contributed by atoms with Crippen molar-refractivity contribution in [1.29, 1.82) is 0 Å². The smallest absolute Gasteiger partial charge is 0.166 e. The molecular weight excluding hydrogens is 214 g/mol. The van der Waals surface area contributed by atoms with Gasteiger partial charge in [-0.3, -0.25) is 4.79 Å². The lowest BCUT2D eigenvalue weighted by Crippen LogP contribution is -2.07. The molecule has 0 unspecified atom stereocenters. The highest BCUT2D eigenvalue weighted by Gasteiger charge is 2.13. The van der Waals surface area contributed by atoms with Crippen molar-refractivity contribution < 1.29 is 9.53 Å². The van der Waals surface area contributed by atoms with E-state index < -0.39 is 0 Å². The zero-order valence-corrected chi connectivity index (χ0v) is 10.8. The third kappa shape index (κ3) is 3.56. The molecule has 0 atom stereocenters. The predicted octanol–water partition coefficient (Wildman–Crippen LogP) is 2.74. The van der Waals surface area contributed by atoms with Crippen LogP contribution >= 0.6 is 0 Å². The van der Waals surface area contributed by atoms with E-state index in [1.165, 1.54) is 5.56 Å². The van der Waals surface area contributed by atoms with E-state index >= 15 is 0 Å². The van der Waals surface area contributed by atoms with Gasteiger partial charge in [-0.05, 0) is 36.6 Å². The molecule has 0 aliphatic rings. The van der Waals surface area contributed by atoms with Crippen molar-refractivity contribution >= 4 is 5.78 Å². The third-order valence-corrected chi connectivity index (χ3v) is 2.80. The first-order valence-corrected chi connectivity index (χ1v) is 6.01. The van der Waals surface area contributed by atoms with E-state index in [4.69, 9.17) is 10.5 Å². The number of Topliss-reactive ketones (excluding diaryl/α,β-unsaturated/α-hetero) is 1. The fraction of sp³-hybridized carbons (Fsp3) is 0.500. The Morgan fingerprint density at radius 1 is 1.41 bits per heavy atom. The van der Waals surface area contributed by atoms with Crippen LogP contribution in [0.2, 0.25) is 0 Å². The number of carbonyl (C=O) groups excluding carboxylic acids is 1. The second-order valence-electron chi connectivity index (χ2n) is 4.43. The molecule has 3 nitrogen and oxygen atoms in total. The van der Waals surface area contributed by atoms with Crippen molar-refractivity contribution in [3.05, 3.63) is 29.3 Å². The number of carbonyl (C=O) groups is 1. The second kappa shape index (κ2) is 6.40. The van der Waals surface area contributed by atoms with Crippen molar-refractivity contribution in [2.24, 2.45) is 5.73 Å². The molecule has 17 heavy (non-hydrogen) atoms. The van der Waals surface area contributed by atoms with Crippen LogP contribution in [0.15, 0.2) is 18.2 Å². The number of rotatable bonds is 6. The first-order chi connectivity index (χ1) is 8.10. The molecule has 1 aromatic carbocycles. The van der Waals surface area contributed by atoms with Gasteiger partial charge in [0.1, 0.15) is 5.75 Å². The molecule has 0 spiro atoms. The van der Waals surface area contributed by atoms with E-state index in [2.05, 4.69) is 13.8 Å². The van der Waals surface area contributed by atoms with Crippen molar-refractivity contribution in [2.75, 3.05) is 13.7 Å².